The average molecular weight is 527 g/mol. The molecule has 2 aromatic carbocycles. The van der Waals surface area contributed by atoms with Crippen LogP contribution in [-0.4, -0.2) is 60.9 Å². The quantitative estimate of drug-likeness (QED) is 0.499. The van der Waals surface area contributed by atoms with Crippen molar-refractivity contribution in [2.75, 3.05) is 39.3 Å². The van der Waals surface area contributed by atoms with Crippen LogP contribution >= 0.6 is 46.4 Å². The van der Waals surface area contributed by atoms with Crippen LogP contribution in [0.25, 0.3) is 12.2 Å². The number of rotatable bonds is 7. The number of carbonyl (C=O) groups is 2. The van der Waals surface area contributed by atoms with Gasteiger partial charge < -0.3 is 10.2 Å². The lowest BCUT2D eigenvalue weighted by Crippen LogP contribution is -2.49. The summed E-state index contributed by atoms with van der Waals surface area (Å²) in [6, 6.07) is 10.4. The Kier molecular flexibility index (Phi) is 9.65. The first-order valence-electron chi connectivity index (χ1n) is 10.4. The number of halogens is 4. The summed E-state index contributed by atoms with van der Waals surface area (Å²) < 4.78 is 0. The van der Waals surface area contributed by atoms with Gasteiger partial charge in [-0.2, -0.15) is 0 Å². The van der Waals surface area contributed by atoms with E-state index in [2.05, 4.69) is 10.2 Å². The highest BCUT2D eigenvalue weighted by Crippen LogP contribution is 2.26. The van der Waals surface area contributed by atoms with Crippen LogP contribution in [0.4, 0.5) is 0 Å². The lowest BCUT2D eigenvalue weighted by molar-refractivity contribution is -0.127. The van der Waals surface area contributed by atoms with Crippen LogP contribution < -0.4 is 5.32 Å². The molecule has 1 heterocycles. The topological polar surface area (TPSA) is 52.7 Å². The van der Waals surface area contributed by atoms with E-state index in [4.69, 9.17) is 46.4 Å². The van der Waals surface area contributed by atoms with Gasteiger partial charge in [-0.1, -0.05) is 58.5 Å². The Labute approximate surface area is 213 Å². The van der Waals surface area contributed by atoms with E-state index >= 15 is 0 Å². The van der Waals surface area contributed by atoms with Crippen LogP contribution in [0.5, 0.6) is 0 Å². The molecule has 3 rings (SSSR count). The summed E-state index contributed by atoms with van der Waals surface area (Å²) in [5.74, 6) is -0.300. The van der Waals surface area contributed by atoms with Crippen molar-refractivity contribution < 1.29 is 9.59 Å². The predicted octanol–water partition coefficient (Wildman–Crippen LogP) is 5.29. The molecule has 0 bridgehead atoms. The summed E-state index contributed by atoms with van der Waals surface area (Å²) in [5, 5.41) is 4.84. The Morgan fingerprint density at radius 1 is 0.788 bits per heavy atom. The standard InChI is InChI=1S/C24H23Cl4N3O2/c25-19-3-1-4-20(26)17(19)7-9-23(32)29-11-12-30-13-15-31(16-14-30)24(33)10-8-18-21(27)5-2-6-22(18)28/h1-10H,11-16H2,(H,29,32)/b9-7+,10-8+. The minimum Gasteiger partial charge on any atom is -0.351 e. The molecule has 1 N–H and O–H groups in total. The van der Waals surface area contributed by atoms with Crippen molar-refractivity contribution in [2.45, 2.75) is 0 Å². The first kappa shape index (κ1) is 25.6. The van der Waals surface area contributed by atoms with Gasteiger partial charge in [-0.25, -0.2) is 0 Å². The van der Waals surface area contributed by atoms with Crippen molar-refractivity contribution in [1.82, 2.24) is 15.1 Å². The maximum atomic E-state index is 12.5. The number of hydrogen-bond donors (Lipinski definition) is 1. The zero-order valence-electron chi connectivity index (χ0n) is 17.7. The molecular weight excluding hydrogens is 504 g/mol. The fourth-order valence-corrected chi connectivity index (χ4v) is 4.39. The summed E-state index contributed by atoms with van der Waals surface area (Å²) >= 11 is 24.5. The fraction of sp³-hybridized carbons (Fsp3) is 0.250. The van der Waals surface area contributed by atoms with Crippen LogP contribution in [0, 0.1) is 0 Å². The van der Waals surface area contributed by atoms with Crippen LogP contribution in [0.15, 0.2) is 48.6 Å². The molecule has 9 heteroatoms. The monoisotopic (exact) mass is 525 g/mol. The van der Waals surface area contributed by atoms with Crippen molar-refractivity contribution in [2.24, 2.45) is 0 Å². The average Bonchev–Trinajstić information content (AvgIpc) is 2.79. The van der Waals surface area contributed by atoms with Gasteiger partial charge in [0.15, 0.2) is 0 Å². The van der Waals surface area contributed by atoms with E-state index in [1.807, 2.05) is 0 Å². The van der Waals surface area contributed by atoms with Gasteiger partial charge in [-0.15, -0.1) is 0 Å². The van der Waals surface area contributed by atoms with Gasteiger partial charge in [0.05, 0.1) is 0 Å². The number of piperazine rings is 1. The van der Waals surface area contributed by atoms with Crippen molar-refractivity contribution in [3.8, 4) is 0 Å². The molecule has 33 heavy (non-hydrogen) atoms. The zero-order chi connectivity index (χ0) is 23.8. The van der Waals surface area contributed by atoms with Crippen molar-refractivity contribution in [3.05, 3.63) is 79.8 Å². The van der Waals surface area contributed by atoms with Gasteiger partial charge in [0.25, 0.3) is 0 Å². The van der Waals surface area contributed by atoms with Crippen molar-refractivity contribution in [1.29, 1.82) is 0 Å². The molecule has 0 aromatic heterocycles. The first-order valence-corrected chi connectivity index (χ1v) is 11.9. The minimum atomic E-state index is -0.219. The molecule has 0 spiro atoms. The maximum Gasteiger partial charge on any atom is 0.246 e. The second kappa shape index (κ2) is 12.4. The van der Waals surface area contributed by atoms with E-state index in [0.29, 0.717) is 57.4 Å². The lowest BCUT2D eigenvalue weighted by Gasteiger charge is -2.34. The Bertz CT molecular complexity index is 1020. The smallest absolute Gasteiger partial charge is 0.246 e. The summed E-state index contributed by atoms with van der Waals surface area (Å²) in [7, 11) is 0. The molecular formula is C24H23Cl4N3O2. The molecule has 1 saturated heterocycles. The normalized spacial score (nSPS) is 14.8. The third kappa shape index (κ3) is 7.49. The third-order valence-electron chi connectivity index (χ3n) is 5.20. The van der Waals surface area contributed by atoms with Crippen LogP contribution in [0.1, 0.15) is 11.1 Å². The van der Waals surface area contributed by atoms with Crippen molar-refractivity contribution >= 4 is 70.4 Å². The van der Waals surface area contributed by atoms with Crippen LogP contribution in [0.2, 0.25) is 20.1 Å². The Hall–Kier alpha value is -2.02. The second-order valence-corrected chi connectivity index (χ2v) is 9.02. The van der Waals surface area contributed by atoms with Gasteiger partial charge in [0.2, 0.25) is 11.8 Å². The Morgan fingerprint density at radius 3 is 1.79 bits per heavy atom. The molecule has 1 aliphatic heterocycles. The Morgan fingerprint density at radius 2 is 1.27 bits per heavy atom. The van der Waals surface area contributed by atoms with E-state index in [9.17, 15) is 9.59 Å². The summed E-state index contributed by atoms with van der Waals surface area (Å²) in [6.07, 6.45) is 6.17. The SMILES string of the molecule is O=C(/C=C/c1c(Cl)cccc1Cl)NCCN1CCN(C(=O)/C=C/c2c(Cl)cccc2Cl)CC1. The number of nitrogens with zero attached hydrogens (tertiary/aromatic N) is 2. The molecule has 2 amide bonds. The number of nitrogens with one attached hydrogen (secondary N) is 1. The van der Waals surface area contributed by atoms with E-state index in [1.165, 1.54) is 12.2 Å². The van der Waals surface area contributed by atoms with E-state index < -0.39 is 0 Å². The van der Waals surface area contributed by atoms with Gasteiger partial charge in [-0.05, 0) is 36.4 Å². The largest absolute Gasteiger partial charge is 0.351 e. The highest BCUT2D eigenvalue weighted by molar-refractivity contribution is 6.37. The molecule has 174 valence electrons. The van der Waals surface area contributed by atoms with E-state index in [1.54, 1.807) is 53.5 Å². The lowest BCUT2D eigenvalue weighted by atomic mass is 10.2. The third-order valence-corrected chi connectivity index (χ3v) is 6.52. The van der Waals surface area contributed by atoms with Gasteiger partial charge in [-0.3, -0.25) is 14.5 Å². The molecule has 0 saturated carbocycles. The van der Waals surface area contributed by atoms with E-state index in [-0.39, 0.29) is 11.8 Å². The van der Waals surface area contributed by atoms with Gasteiger partial charge >= 0.3 is 0 Å². The highest BCUT2D eigenvalue weighted by Gasteiger charge is 2.19. The molecule has 0 unspecified atom stereocenters. The molecule has 0 radical (unpaired) electrons. The molecule has 5 nitrogen and oxygen atoms in total. The number of benzene rings is 2. The minimum absolute atomic E-state index is 0.0812. The number of hydrogen-bond acceptors (Lipinski definition) is 3. The van der Waals surface area contributed by atoms with Crippen molar-refractivity contribution in [3.63, 3.8) is 0 Å². The fourth-order valence-electron chi connectivity index (χ4n) is 3.35. The first-order chi connectivity index (χ1) is 15.8. The number of carbonyl (C=O) groups excluding carboxylic acids is 2. The molecule has 1 fully saturated rings. The van der Waals surface area contributed by atoms with Gasteiger partial charge in [0.1, 0.15) is 0 Å². The maximum absolute atomic E-state index is 12.5. The molecule has 0 aliphatic carbocycles. The highest BCUT2D eigenvalue weighted by atomic mass is 35.5. The second-order valence-electron chi connectivity index (χ2n) is 7.40. The number of amides is 2. The molecule has 0 atom stereocenters. The van der Waals surface area contributed by atoms with Crippen LogP contribution in [0.3, 0.4) is 0 Å². The summed E-state index contributed by atoms with van der Waals surface area (Å²) in [5.41, 5.74) is 1.25. The zero-order valence-corrected chi connectivity index (χ0v) is 20.8. The molecule has 1 aliphatic rings. The predicted molar refractivity (Wildman–Crippen MR) is 137 cm³/mol. The summed E-state index contributed by atoms with van der Waals surface area (Å²) in [6.45, 7) is 3.87. The van der Waals surface area contributed by atoms with E-state index in [0.717, 1.165) is 13.1 Å². The van der Waals surface area contributed by atoms with Crippen LogP contribution in [-0.2, 0) is 9.59 Å². The Balaban J connectivity index is 1.40. The van der Waals surface area contributed by atoms with Gasteiger partial charge in [0, 0.05) is 82.6 Å². The molecule has 2 aromatic rings. The summed E-state index contributed by atoms with van der Waals surface area (Å²) in [4.78, 5) is 28.6.